The standard InChI is InChI=1S/C19H22N4O5S/c1-4-22(5-2)29(27,28)18-11-7-9-16(13-18)19(24)21-20-14(3)15-8-6-10-17(12-15)23(25)26/h6-13,20H,3-5H2,1-2H3,(H,21,24). The molecule has 29 heavy (non-hydrogen) atoms. The molecule has 0 atom stereocenters. The van der Waals surface area contributed by atoms with E-state index >= 15 is 0 Å². The van der Waals surface area contributed by atoms with E-state index < -0.39 is 20.9 Å². The number of hydrazine groups is 1. The van der Waals surface area contributed by atoms with Crippen LogP contribution >= 0.6 is 0 Å². The van der Waals surface area contributed by atoms with Crippen LogP contribution in [0.15, 0.2) is 60.0 Å². The van der Waals surface area contributed by atoms with E-state index in [1.807, 2.05) is 0 Å². The van der Waals surface area contributed by atoms with Crippen molar-refractivity contribution >= 4 is 27.3 Å². The number of carbonyl (C=O) groups is 1. The Kier molecular flexibility index (Phi) is 7.08. The van der Waals surface area contributed by atoms with Gasteiger partial charge in [0.15, 0.2) is 0 Å². The minimum Gasteiger partial charge on any atom is -0.298 e. The monoisotopic (exact) mass is 418 g/mol. The number of nitro groups is 1. The molecule has 2 aromatic carbocycles. The second-order valence-corrected chi connectivity index (χ2v) is 7.92. The number of rotatable bonds is 9. The molecular formula is C19H22N4O5S. The molecule has 0 spiro atoms. The third-order valence-corrected chi connectivity index (χ3v) is 6.22. The van der Waals surface area contributed by atoms with E-state index in [-0.39, 0.29) is 21.8 Å². The Labute approximate surface area is 169 Å². The summed E-state index contributed by atoms with van der Waals surface area (Å²) in [6.45, 7) is 7.86. The molecule has 0 radical (unpaired) electrons. The summed E-state index contributed by atoms with van der Waals surface area (Å²) in [6, 6.07) is 11.5. The van der Waals surface area contributed by atoms with Gasteiger partial charge in [-0.3, -0.25) is 25.8 Å². The van der Waals surface area contributed by atoms with Crippen LogP contribution in [0.25, 0.3) is 5.70 Å². The van der Waals surface area contributed by atoms with Crippen molar-refractivity contribution < 1.29 is 18.1 Å². The minimum absolute atomic E-state index is 0.0198. The van der Waals surface area contributed by atoms with Crippen molar-refractivity contribution in [2.45, 2.75) is 18.7 Å². The van der Waals surface area contributed by atoms with Gasteiger partial charge in [-0.05, 0) is 18.2 Å². The quantitative estimate of drug-likeness (QED) is 0.477. The SMILES string of the molecule is C=C(NNC(=O)c1cccc(S(=O)(=O)N(CC)CC)c1)c1cccc([N+](=O)[O-])c1. The van der Waals surface area contributed by atoms with Crippen LogP contribution < -0.4 is 10.9 Å². The van der Waals surface area contributed by atoms with Crippen LogP contribution in [-0.4, -0.2) is 36.6 Å². The average molecular weight is 418 g/mol. The van der Waals surface area contributed by atoms with Gasteiger partial charge in [0.25, 0.3) is 11.6 Å². The second-order valence-electron chi connectivity index (χ2n) is 5.98. The normalized spacial score (nSPS) is 11.1. The number of sulfonamides is 1. The summed E-state index contributed by atoms with van der Waals surface area (Å²) >= 11 is 0. The van der Waals surface area contributed by atoms with Crippen molar-refractivity contribution in [1.82, 2.24) is 15.2 Å². The Morgan fingerprint density at radius 2 is 1.69 bits per heavy atom. The largest absolute Gasteiger partial charge is 0.298 e. The van der Waals surface area contributed by atoms with Crippen LogP contribution in [0.4, 0.5) is 5.69 Å². The first-order valence-electron chi connectivity index (χ1n) is 8.81. The summed E-state index contributed by atoms with van der Waals surface area (Å²) in [7, 11) is -3.69. The Hall–Kier alpha value is -3.24. The number of nitrogens with one attached hydrogen (secondary N) is 2. The van der Waals surface area contributed by atoms with Crippen molar-refractivity contribution in [1.29, 1.82) is 0 Å². The Bertz CT molecular complexity index is 1030. The van der Waals surface area contributed by atoms with E-state index in [1.165, 1.54) is 46.8 Å². The van der Waals surface area contributed by atoms with Gasteiger partial charge >= 0.3 is 0 Å². The van der Waals surface area contributed by atoms with Gasteiger partial charge in [-0.1, -0.05) is 38.6 Å². The number of nitrogens with zero attached hydrogens (tertiary/aromatic N) is 2. The highest BCUT2D eigenvalue weighted by atomic mass is 32.2. The van der Waals surface area contributed by atoms with E-state index in [1.54, 1.807) is 19.9 Å². The van der Waals surface area contributed by atoms with Crippen molar-refractivity contribution in [3.63, 3.8) is 0 Å². The van der Waals surface area contributed by atoms with Crippen molar-refractivity contribution in [3.8, 4) is 0 Å². The summed E-state index contributed by atoms with van der Waals surface area (Å²) in [6.07, 6.45) is 0. The van der Waals surface area contributed by atoms with Crippen LogP contribution in [0.1, 0.15) is 29.8 Å². The topological polar surface area (TPSA) is 122 Å². The molecule has 2 N–H and O–H groups in total. The van der Waals surface area contributed by atoms with Gasteiger partial charge in [0.1, 0.15) is 0 Å². The lowest BCUT2D eigenvalue weighted by atomic mass is 10.1. The van der Waals surface area contributed by atoms with Crippen LogP contribution in [0.3, 0.4) is 0 Å². The predicted octanol–water partition coefficient (Wildman–Crippen LogP) is 2.53. The van der Waals surface area contributed by atoms with Gasteiger partial charge in [-0.15, -0.1) is 0 Å². The summed E-state index contributed by atoms with van der Waals surface area (Å²) < 4.78 is 26.5. The number of hydrogen-bond acceptors (Lipinski definition) is 6. The van der Waals surface area contributed by atoms with Gasteiger partial charge in [-0.25, -0.2) is 8.42 Å². The number of amides is 1. The van der Waals surface area contributed by atoms with Gasteiger partial charge < -0.3 is 0 Å². The van der Waals surface area contributed by atoms with Crippen molar-refractivity contribution in [3.05, 3.63) is 76.4 Å². The fourth-order valence-corrected chi connectivity index (χ4v) is 4.10. The highest BCUT2D eigenvalue weighted by Gasteiger charge is 2.22. The predicted molar refractivity (Wildman–Crippen MR) is 109 cm³/mol. The van der Waals surface area contributed by atoms with Crippen LogP contribution in [-0.2, 0) is 10.0 Å². The molecular weight excluding hydrogens is 396 g/mol. The lowest BCUT2D eigenvalue weighted by molar-refractivity contribution is -0.384. The van der Waals surface area contributed by atoms with Gasteiger partial charge in [0.2, 0.25) is 10.0 Å². The van der Waals surface area contributed by atoms with E-state index in [2.05, 4.69) is 17.4 Å². The zero-order valence-corrected chi connectivity index (χ0v) is 16.9. The molecule has 0 aromatic heterocycles. The number of benzene rings is 2. The molecule has 2 aromatic rings. The second kappa shape index (κ2) is 9.30. The lowest BCUT2D eigenvalue weighted by Gasteiger charge is -2.18. The summed E-state index contributed by atoms with van der Waals surface area (Å²) in [4.78, 5) is 22.8. The number of non-ortho nitro benzene ring substituents is 1. The maximum absolute atomic E-state index is 12.6. The van der Waals surface area contributed by atoms with E-state index in [0.717, 1.165) is 0 Å². The maximum Gasteiger partial charge on any atom is 0.270 e. The molecule has 0 aliphatic heterocycles. The molecule has 0 saturated carbocycles. The molecule has 0 fully saturated rings. The molecule has 0 aliphatic rings. The van der Waals surface area contributed by atoms with Gasteiger partial charge in [0.05, 0.1) is 15.5 Å². The number of nitro benzene ring substituents is 1. The summed E-state index contributed by atoms with van der Waals surface area (Å²) in [5.74, 6) is -0.576. The number of carbonyl (C=O) groups excluding carboxylic acids is 1. The first-order valence-corrected chi connectivity index (χ1v) is 10.2. The zero-order valence-electron chi connectivity index (χ0n) is 16.1. The zero-order chi connectivity index (χ0) is 21.6. The van der Waals surface area contributed by atoms with Crippen molar-refractivity contribution in [2.75, 3.05) is 13.1 Å². The highest BCUT2D eigenvalue weighted by Crippen LogP contribution is 2.18. The highest BCUT2D eigenvalue weighted by molar-refractivity contribution is 7.89. The molecule has 0 saturated heterocycles. The fraction of sp³-hybridized carbons (Fsp3) is 0.211. The Morgan fingerprint density at radius 3 is 2.31 bits per heavy atom. The molecule has 154 valence electrons. The summed E-state index contributed by atoms with van der Waals surface area (Å²) in [5, 5.41) is 10.9. The average Bonchev–Trinajstić information content (AvgIpc) is 2.72. The van der Waals surface area contributed by atoms with Crippen molar-refractivity contribution in [2.24, 2.45) is 0 Å². The third kappa shape index (κ3) is 5.18. The Morgan fingerprint density at radius 1 is 1.07 bits per heavy atom. The molecule has 0 bridgehead atoms. The van der Waals surface area contributed by atoms with Crippen LogP contribution in [0.5, 0.6) is 0 Å². The van der Waals surface area contributed by atoms with Crippen LogP contribution in [0.2, 0.25) is 0 Å². The molecule has 9 nitrogen and oxygen atoms in total. The molecule has 0 heterocycles. The van der Waals surface area contributed by atoms with E-state index in [0.29, 0.717) is 18.7 Å². The number of hydrogen-bond donors (Lipinski definition) is 2. The lowest BCUT2D eigenvalue weighted by Crippen LogP contribution is -2.36. The summed E-state index contributed by atoms with van der Waals surface area (Å²) in [5.41, 5.74) is 5.71. The molecule has 0 unspecified atom stereocenters. The fourth-order valence-electron chi connectivity index (χ4n) is 2.59. The molecule has 2 rings (SSSR count). The molecule has 1 amide bonds. The van der Waals surface area contributed by atoms with Gasteiger partial charge in [-0.2, -0.15) is 4.31 Å². The van der Waals surface area contributed by atoms with Gasteiger partial charge in [0, 0.05) is 36.3 Å². The first-order chi connectivity index (χ1) is 13.7. The first kappa shape index (κ1) is 22.1. The smallest absolute Gasteiger partial charge is 0.270 e. The minimum atomic E-state index is -3.69. The van der Waals surface area contributed by atoms with E-state index in [4.69, 9.17) is 0 Å². The molecule has 10 heteroatoms. The third-order valence-electron chi connectivity index (χ3n) is 4.17. The molecule has 0 aliphatic carbocycles. The Balaban J connectivity index is 2.13. The van der Waals surface area contributed by atoms with Crippen LogP contribution in [0, 0.1) is 10.1 Å². The van der Waals surface area contributed by atoms with E-state index in [9.17, 15) is 23.3 Å². The maximum atomic E-state index is 12.6.